The molecule has 7 nitrogen and oxygen atoms in total. The number of rotatable bonds is 10. The van der Waals surface area contributed by atoms with Crippen molar-refractivity contribution in [2.45, 2.75) is 33.4 Å². The molecule has 1 N–H and O–H groups in total. The number of hydrogen-bond acceptors (Lipinski definition) is 4. The molecule has 180 valence electrons. The molecule has 0 bridgehead atoms. The monoisotopic (exact) mass is 513 g/mol. The molecular weight excluding hydrogens is 485 g/mol. The van der Waals surface area contributed by atoms with Gasteiger partial charge in [0.15, 0.2) is 0 Å². The highest BCUT2D eigenvalue weighted by molar-refractivity contribution is 7.92. The number of nitrogens with zero attached hydrogens (tertiary/aromatic N) is 2. The Morgan fingerprint density at radius 2 is 1.58 bits per heavy atom. The molecule has 2 aromatic rings. The molecule has 10 heteroatoms. The van der Waals surface area contributed by atoms with Gasteiger partial charge in [0.05, 0.1) is 11.9 Å². The first-order valence-corrected chi connectivity index (χ1v) is 13.0. The fraction of sp³-hybridized carbons (Fsp3) is 0.391. The van der Waals surface area contributed by atoms with Crippen LogP contribution >= 0.6 is 23.2 Å². The van der Waals surface area contributed by atoms with Crippen LogP contribution in [0.3, 0.4) is 0 Å². The number of nitrogens with one attached hydrogen (secondary N) is 1. The number of amides is 2. The van der Waals surface area contributed by atoms with E-state index >= 15 is 0 Å². The summed E-state index contributed by atoms with van der Waals surface area (Å²) in [4.78, 5) is 27.5. The van der Waals surface area contributed by atoms with E-state index in [1.807, 2.05) is 44.2 Å². The smallest absolute Gasteiger partial charge is 0.244 e. The largest absolute Gasteiger partial charge is 0.354 e. The molecule has 0 spiro atoms. The first-order chi connectivity index (χ1) is 15.4. The van der Waals surface area contributed by atoms with Crippen molar-refractivity contribution < 1.29 is 18.0 Å². The minimum absolute atomic E-state index is 0.143. The van der Waals surface area contributed by atoms with Crippen LogP contribution in [-0.4, -0.2) is 50.5 Å². The summed E-state index contributed by atoms with van der Waals surface area (Å²) >= 11 is 12.1. The molecule has 0 heterocycles. The number of anilines is 1. The molecule has 0 aliphatic rings. The van der Waals surface area contributed by atoms with E-state index in [2.05, 4.69) is 5.32 Å². The Labute approximate surface area is 205 Å². The minimum atomic E-state index is -3.85. The van der Waals surface area contributed by atoms with Gasteiger partial charge in [-0.1, -0.05) is 67.4 Å². The molecule has 1 unspecified atom stereocenters. The topological polar surface area (TPSA) is 86.8 Å². The molecule has 0 aliphatic heterocycles. The zero-order chi connectivity index (χ0) is 24.8. The van der Waals surface area contributed by atoms with Crippen LogP contribution in [0.25, 0.3) is 0 Å². The van der Waals surface area contributed by atoms with Gasteiger partial charge >= 0.3 is 0 Å². The highest BCUT2D eigenvalue weighted by Gasteiger charge is 2.30. The number of hydrogen-bond donors (Lipinski definition) is 1. The van der Waals surface area contributed by atoms with Crippen LogP contribution in [0.15, 0.2) is 48.5 Å². The molecule has 2 rings (SSSR count). The summed E-state index contributed by atoms with van der Waals surface area (Å²) in [6, 6.07) is 12.7. The average molecular weight is 514 g/mol. The van der Waals surface area contributed by atoms with Gasteiger partial charge in [-0.3, -0.25) is 13.9 Å². The lowest BCUT2D eigenvalue weighted by Gasteiger charge is -2.31. The zero-order valence-electron chi connectivity index (χ0n) is 19.1. The standard InChI is InChI=1S/C23H29Cl2N3O4S/c1-16(2)13-26-23(30)17(3)27(14-18-8-6-5-7-9-18)22(29)15-28(33(4,31)32)21-11-19(24)10-20(25)12-21/h5-12,16-17H,13-15H2,1-4H3,(H,26,30). The van der Waals surface area contributed by atoms with Crippen molar-refractivity contribution in [1.29, 1.82) is 0 Å². The van der Waals surface area contributed by atoms with Crippen molar-refractivity contribution in [3.63, 3.8) is 0 Å². The highest BCUT2D eigenvalue weighted by atomic mass is 35.5. The molecule has 0 saturated heterocycles. The maximum absolute atomic E-state index is 13.4. The van der Waals surface area contributed by atoms with Crippen molar-refractivity contribution in [3.8, 4) is 0 Å². The third-order valence-corrected chi connectivity index (χ3v) is 6.44. The Morgan fingerprint density at radius 1 is 1.00 bits per heavy atom. The normalized spacial score (nSPS) is 12.3. The fourth-order valence-electron chi connectivity index (χ4n) is 3.11. The Hall–Kier alpha value is -2.29. The van der Waals surface area contributed by atoms with Crippen LogP contribution in [0.1, 0.15) is 26.3 Å². The summed E-state index contributed by atoms with van der Waals surface area (Å²) in [6.45, 7) is 5.66. The third-order valence-electron chi connectivity index (χ3n) is 4.86. The maximum Gasteiger partial charge on any atom is 0.244 e. The van der Waals surface area contributed by atoms with E-state index < -0.39 is 28.5 Å². The van der Waals surface area contributed by atoms with Gasteiger partial charge in [0.1, 0.15) is 12.6 Å². The van der Waals surface area contributed by atoms with Gasteiger partial charge in [0, 0.05) is 23.1 Å². The second kappa shape index (κ2) is 11.7. The highest BCUT2D eigenvalue weighted by Crippen LogP contribution is 2.27. The van der Waals surface area contributed by atoms with Crippen LogP contribution < -0.4 is 9.62 Å². The summed E-state index contributed by atoms with van der Waals surface area (Å²) in [5, 5.41) is 3.31. The van der Waals surface area contributed by atoms with Crippen molar-refractivity contribution in [1.82, 2.24) is 10.2 Å². The second-order valence-corrected chi connectivity index (χ2v) is 11.0. The first-order valence-electron chi connectivity index (χ1n) is 10.4. The molecule has 1 atom stereocenters. The molecular formula is C23H29Cl2N3O4S. The van der Waals surface area contributed by atoms with Gasteiger partial charge in [0.25, 0.3) is 0 Å². The van der Waals surface area contributed by atoms with Crippen molar-refractivity contribution >= 4 is 50.7 Å². The second-order valence-electron chi connectivity index (χ2n) is 8.22. The Morgan fingerprint density at radius 3 is 2.09 bits per heavy atom. The number of halogens is 2. The van der Waals surface area contributed by atoms with E-state index in [-0.39, 0.29) is 34.1 Å². The SMILES string of the molecule is CC(C)CNC(=O)C(C)N(Cc1ccccc1)C(=O)CN(c1cc(Cl)cc(Cl)c1)S(C)(=O)=O. The Bertz CT molecular complexity index is 1060. The molecule has 2 aromatic carbocycles. The van der Waals surface area contributed by atoms with E-state index in [9.17, 15) is 18.0 Å². The summed E-state index contributed by atoms with van der Waals surface area (Å²) in [5.41, 5.74) is 0.978. The molecule has 0 aliphatic carbocycles. The van der Waals surface area contributed by atoms with Crippen LogP contribution in [0.2, 0.25) is 10.0 Å². The average Bonchev–Trinajstić information content (AvgIpc) is 2.72. The van der Waals surface area contributed by atoms with Gasteiger partial charge in [-0.2, -0.15) is 0 Å². The number of carbonyl (C=O) groups excluding carboxylic acids is 2. The molecule has 0 radical (unpaired) electrons. The zero-order valence-corrected chi connectivity index (χ0v) is 21.4. The molecule has 33 heavy (non-hydrogen) atoms. The first kappa shape index (κ1) is 27.0. The predicted octanol–water partition coefficient (Wildman–Crippen LogP) is 3.95. The lowest BCUT2D eigenvalue weighted by Crippen LogP contribution is -2.51. The lowest BCUT2D eigenvalue weighted by molar-refractivity contribution is -0.139. The summed E-state index contributed by atoms with van der Waals surface area (Å²) < 4.78 is 26.0. The lowest BCUT2D eigenvalue weighted by atomic mass is 10.1. The van der Waals surface area contributed by atoms with Crippen molar-refractivity contribution in [2.75, 3.05) is 23.7 Å². The summed E-state index contributed by atoms with van der Waals surface area (Å²) in [5.74, 6) is -0.606. The third kappa shape index (κ3) is 8.21. The van der Waals surface area contributed by atoms with E-state index in [0.29, 0.717) is 6.54 Å². The van der Waals surface area contributed by atoms with E-state index in [0.717, 1.165) is 16.1 Å². The Balaban J connectivity index is 2.37. The Kier molecular flexibility index (Phi) is 9.57. The van der Waals surface area contributed by atoms with Gasteiger partial charge in [-0.25, -0.2) is 8.42 Å². The number of carbonyl (C=O) groups is 2. The van der Waals surface area contributed by atoms with Gasteiger partial charge in [0.2, 0.25) is 21.8 Å². The molecule has 0 fully saturated rings. The van der Waals surface area contributed by atoms with Gasteiger partial charge < -0.3 is 10.2 Å². The number of sulfonamides is 1. The predicted molar refractivity (Wildman–Crippen MR) is 133 cm³/mol. The quantitative estimate of drug-likeness (QED) is 0.520. The molecule has 2 amide bonds. The summed E-state index contributed by atoms with van der Waals surface area (Å²) in [6.07, 6.45) is 0.995. The number of benzene rings is 2. The van der Waals surface area contributed by atoms with Crippen LogP contribution in [0.5, 0.6) is 0 Å². The van der Waals surface area contributed by atoms with Crippen LogP contribution in [-0.2, 0) is 26.2 Å². The minimum Gasteiger partial charge on any atom is -0.354 e. The van der Waals surface area contributed by atoms with Crippen LogP contribution in [0, 0.1) is 5.92 Å². The molecule has 0 saturated carbocycles. The summed E-state index contributed by atoms with van der Waals surface area (Å²) in [7, 11) is -3.85. The molecule has 0 aromatic heterocycles. The van der Waals surface area contributed by atoms with Crippen molar-refractivity contribution in [2.24, 2.45) is 5.92 Å². The van der Waals surface area contributed by atoms with Crippen molar-refractivity contribution in [3.05, 3.63) is 64.1 Å². The van der Waals surface area contributed by atoms with E-state index in [1.165, 1.54) is 23.1 Å². The van der Waals surface area contributed by atoms with Crippen LogP contribution in [0.4, 0.5) is 5.69 Å². The van der Waals surface area contributed by atoms with E-state index in [4.69, 9.17) is 23.2 Å². The van der Waals surface area contributed by atoms with Gasteiger partial charge in [-0.15, -0.1) is 0 Å². The maximum atomic E-state index is 13.4. The van der Waals surface area contributed by atoms with E-state index in [1.54, 1.807) is 6.92 Å². The fourth-order valence-corrected chi connectivity index (χ4v) is 4.46. The van der Waals surface area contributed by atoms with Gasteiger partial charge in [-0.05, 0) is 36.6 Å².